The lowest BCUT2D eigenvalue weighted by Crippen LogP contribution is -2.51. The van der Waals surface area contributed by atoms with Crippen LogP contribution in [0.5, 0.6) is 0 Å². The molecule has 1 fully saturated rings. The summed E-state index contributed by atoms with van der Waals surface area (Å²) in [6.45, 7) is 0.625. The van der Waals surface area contributed by atoms with E-state index in [0.29, 0.717) is 17.4 Å². The maximum Gasteiger partial charge on any atom is 0.260 e. The van der Waals surface area contributed by atoms with Crippen molar-refractivity contribution in [3.63, 3.8) is 0 Å². The summed E-state index contributed by atoms with van der Waals surface area (Å²) in [5, 5.41) is 7.68. The average molecular weight is 405 g/mol. The van der Waals surface area contributed by atoms with Gasteiger partial charge in [-0.25, -0.2) is 9.37 Å². The summed E-state index contributed by atoms with van der Waals surface area (Å²) in [6, 6.07) is 5.77. The maximum absolute atomic E-state index is 13.7. The smallest absolute Gasteiger partial charge is 0.260 e. The molecule has 28 heavy (non-hydrogen) atoms. The Morgan fingerprint density at radius 2 is 1.96 bits per heavy atom. The summed E-state index contributed by atoms with van der Waals surface area (Å²) >= 11 is 1.21. The van der Waals surface area contributed by atoms with Crippen LogP contribution in [0, 0.1) is 5.82 Å². The minimum absolute atomic E-state index is 0.0383. The van der Waals surface area contributed by atoms with Crippen LogP contribution in [0.25, 0.3) is 0 Å². The molecule has 3 rings (SSSR count). The first-order valence-corrected chi connectivity index (χ1v) is 10.2. The number of carbonyl (C=O) groups is 2. The Morgan fingerprint density at radius 1 is 1.25 bits per heavy atom. The summed E-state index contributed by atoms with van der Waals surface area (Å²) in [5.41, 5.74) is 0.579. The molecule has 2 amide bonds. The molecule has 2 aromatic rings. The predicted molar refractivity (Wildman–Crippen MR) is 108 cm³/mol. The molecule has 0 spiro atoms. The standard InChI is InChI=1S/C20H25FN4O2S/c1-25(2)20(9-5-6-10-20)13-22-17(26)11-14-12-28-19(23-14)24-18(27)15-7-3-4-8-16(15)21/h3-4,7-8,12H,5-6,9-11,13H2,1-2H3,(H,22,26)(H,23,24,27). The number of aromatic nitrogens is 1. The van der Waals surface area contributed by atoms with E-state index in [1.54, 1.807) is 11.4 Å². The predicted octanol–water partition coefficient (Wildman–Crippen LogP) is 3.07. The van der Waals surface area contributed by atoms with Gasteiger partial charge in [0.1, 0.15) is 5.82 Å². The zero-order chi connectivity index (χ0) is 20.1. The van der Waals surface area contributed by atoms with Crippen LogP contribution in [0.4, 0.5) is 9.52 Å². The van der Waals surface area contributed by atoms with E-state index in [0.717, 1.165) is 12.8 Å². The van der Waals surface area contributed by atoms with Gasteiger partial charge in [0, 0.05) is 17.5 Å². The largest absolute Gasteiger partial charge is 0.354 e. The van der Waals surface area contributed by atoms with Gasteiger partial charge in [0.2, 0.25) is 5.91 Å². The lowest BCUT2D eigenvalue weighted by Gasteiger charge is -2.36. The number of nitrogens with zero attached hydrogens (tertiary/aromatic N) is 2. The van der Waals surface area contributed by atoms with E-state index in [4.69, 9.17) is 0 Å². The highest BCUT2D eigenvalue weighted by Gasteiger charge is 2.36. The second kappa shape index (κ2) is 8.79. The van der Waals surface area contributed by atoms with Crippen molar-refractivity contribution in [3.05, 3.63) is 46.7 Å². The van der Waals surface area contributed by atoms with E-state index in [-0.39, 0.29) is 23.4 Å². The summed E-state index contributed by atoms with van der Waals surface area (Å²) in [5.74, 6) is -1.24. The molecule has 8 heteroatoms. The molecule has 0 unspecified atom stereocenters. The van der Waals surface area contributed by atoms with Crippen LogP contribution >= 0.6 is 11.3 Å². The molecule has 1 aromatic carbocycles. The van der Waals surface area contributed by atoms with Crippen molar-refractivity contribution in [1.82, 2.24) is 15.2 Å². The van der Waals surface area contributed by atoms with Gasteiger partial charge in [0.05, 0.1) is 17.7 Å². The second-order valence-electron chi connectivity index (χ2n) is 7.36. The van der Waals surface area contributed by atoms with Gasteiger partial charge < -0.3 is 10.2 Å². The Labute approximate surface area is 168 Å². The van der Waals surface area contributed by atoms with Crippen LogP contribution in [0.3, 0.4) is 0 Å². The molecule has 1 aliphatic rings. The minimum Gasteiger partial charge on any atom is -0.354 e. The van der Waals surface area contributed by atoms with E-state index < -0.39 is 11.7 Å². The molecule has 1 aromatic heterocycles. The minimum atomic E-state index is -0.585. The Kier molecular flexibility index (Phi) is 6.41. The number of halogens is 1. The normalized spacial score (nSPS) is 15.6. The fourth-order valence-electron chi connectivity index (χ4n) is 3.56. The molecule has 1 saturated carbocycles. The first kappa shape index (κ1) is 20.4. The number of nitrogens with one attached hydrogen (secondary N) is 2. The lowest BCUT2D eigenvalue weighted by atomic mass is 9.96. The number of hydrogen-bond acceptors (Lipinski definition) is 5. The molecular formula is C20H25FN4O2S. The van der Waals surface area contributed by atoms with Crippen molar-refractivity contribution in [3.8, 4) is 0 Å². The Hall–Kier alpha value is -2.32. The highest BCUT2D eigenvalue weighted by atomic mass is 32.1. The van der Waals surface area contributed by atoms with Gasteiger partial charge >= 0.3 is 0 Å². The van der Waals surface area contributed by atoms with Gasteiger partial charge in [-0.2, -0.15) is 0 Å². The van der Waals surface area contributed by atoms with Crippen LogP contribution in [0.1, 0.15) is 41.7 Å². The molecule has 1 aliphatic carbocycles. The van der Waals surface area contributed by atoms with Gasteiger partial charge in [0.15, 0.2) is 5.13 Å². The van der Waals surface area contributed by atoms with Crippen molar-refractivity contribution in [1.29, 1.82) is 0 Å². The topological polar surface area (TPSA) is 74.3 Å². The molecule has 6 nitrogen and oxygen atoms in total. The molecule has 150 valence electrons. The third kappa shape index (κ3) is 4.74. The van der Waals surface area contributed by atoms with E-state index in [1.165, 1.54) is 42.4 Å². The fraction of sp³-hybridized carbons (Fsp3) is 0.450. The molecule has 0 bridgehead atoms. The third-order valence-corrected chi connectivity index (χ3v) is 6.14. The van der Waals surface area contributed by atoms with Crippen molar-refractivity contribution >= 4 is 28.3 Å². The number of thiazole rings is 1. The molecular weight excluding hydrogens is 379 g/mol. The molecule has 0 aliphatic heterocycles. The first-order valence-electron chi connectivity index (χ1n) is 9.34. The zero-order valence-corrected chi connectivity index (χ0v) is 16.9. The van der Waals surface area contributed by atoms with Gasteiger partial charge in [-0.1, -0.05) is 25.0 Å². The summed E-state index contributed by atoms with van der Waals surface area (Å²) < 4.78 is 13.7. The monoisotopic (exact) mass is 404 g/mol. The summed E-state index contributed by atoms with van der Waals surface area (Å²) in [6.07, 6.45) is 4.69. The maximum atomic E-state index is 13.7. The molecule has 0 saturated heterocycles. The number of carbonyl (C=O) groups excluding carboxylic acids is 2. The van der Waals surface area contributed by atoms with Crippen LogP contribution in [0.15, 0.2) is 29.6 Å². The summed E-state index contributed by atoms with van der Waals surface area (Å²) in [4.78, 5) is 31.0. The number of benzene rings is 1. The van der Waals surface area contributed by atoms with Crippen LogP contribution < -0.4 is 10.6 Å². The number of hydrogen-bond donors (Lipinski definition) is 2. The third-order valence-electron chi connectivity index (χ3n) is 5.33. The fourth-order valence-corrected chi connectivity index (χ4v) is 4.27. The van der Waals surface area contributed by atoms with E-state index in [9.17, 15) is 14.0 Å². The van der Waals surface area contributed by atoms with Gasteiger partial charge in [0.25, 0.3) is 5.91 Å². The quantitative estimate of drug-likeness (QED) is 0.744. The number of amides is 2. The highest BCUT2D eigenvalue weighted by molar-refractivity contribution is 7.14. The number of anilines is 1. The van der Waals surface area contributed by atoms with Crippen LogP contribution in [-0.2, 0) is 11.2 Å². The lowest BCUT2D eigenvalue weighted by molar-refractivity contribution is -0.121. The van der Waals surface area contributed by atoms with Crippen LogP contribution in [0.2, 0.25) is 0 Å². The Morgan fingerprint density at radius 3 is 2.64 bits per heavy atom. The van der Waals surface area contributed by atoms with Gasteiger partial charge in [-0.05, 0) is 39.1 Å². The van der Waals surface area contributed by atoms with Crippen LogP contribution in [-0.4, -0.2) is 47.9 Å². The molecule has 1 heterocycles. The van der Waals surface area contributed by atoms with E-state index in [1.807, 2.05) is 0 Å². The average Bonchev–Trinajstić information content (AvgIpc) is 3.30. The van der Waals surface area contributed by atoms with Crippen molar-refractivity contribution in [2.45, 2.75) is 37.6 Å². The second-order valence-corrected chi connectivity index (χ2v) is 8.22. The van der Waals surface area contributed by atoms with E-state index in [2.05, 4.69) is 34.6 Å². The summed E-state index contributed by atoms with van der Waals surface area (Å²) in [7, 11) is 4.12. The SMILES string of the molecule is CN(C)C1(CNC(=O)Cc2csc(NC(=O)c3ccccc3F)n2)CCCC1. The zero-order valence-electron chi connectivity index (χ0n) is 16.1. The van der Waals surface area contributed by atoms with E-state index >= 15 is 0 Å². The van der Waals surface area contributed by atoms with Crippen molar-refractivity contribution < 1.29 is 14.0 Å². The molecule has 0 atom stereocenters. The Bertz CT molecular complexity index is 846. The number of likely N-dealkylation sites (N-methyl/N-ethyl adjacent to an activating group) is 1. The molecule has 0 radical (unpaired) electrons. The van der Waals surface area contributed by atoms with Gasteiger partial charge in [-0.3, -0.25) is 14.9 Å². The van der Waals surface area contributed by atoms with Crippen molar-refractivity contribution in [2.75, 3.05) is 26.0 Å². The number of rotatable bonds is 7. The highest BCUT2D eigenvalue weighted by Crippen LogP contribution is 2.33. The van der Waals surface area contributed by atoms with Gasteiger partial charge in [-0.15, -0.1) is 11.3 Å². The van der Waals surface area contributed by atoms with Crippen molar-refractivity contribution in [2.24, 2.45) is 0 Å². The Balaban J connectivity index is 1.53. The molecule has 2 N–H and O–H groups in total. The first-order chi connectivity index (χ1) is 13.4.